The van der Waals surface area contributed by atoms with Crippen molar-refractivity contribution in [3.05, 3.63) is 29.8 Å². The summed E-state index contributed by atoms with van der Waals surface area (Å²) in [6, 6.07) is 7.78. The molecule has 1 aromatic rings. The van der Waals surface area contributed by atoms with Crippen LogP contribution in [0.4, 0.5) is 0 Å². The summed E-state index contributed by atoms with van der Waals surface area (Å²) in [6.45, 7) is 4.91. The summed E-state index contributed by atoms with van der Waals surface area (Å²) in [7, 11) is 0. The minimum absolute atomic E-state index is 0.155. The first-order valence-corrected chi connectivity index (χ1v) is 7.71. The minimum Gasteiger partial charge on any atom is -0.491 e. The van der Waals surface area contributed by atoms with E-state index in [1.807, 2.05) is 38.1 Å². The highest BCUT2D eigenvalue weighted by molar-refractivity contribution is 5.30. The normalized spacial score (nSPS) is 20.3. The van der Waals surface area contributed by atoms with E-state index < -0.39 is 6.10 Å². The average molecular weight is 278 g/mol. The average Bonchev–Trinajstić information content (AvgIpc) is 2.91. The molecule has 1 aliphatic rings. The maximum atomic E-state index is 10.3. The molecule has 0 aliphatic carbocycles. The summed E-state index contributed by atoms with van der Waals surface area (Å²) in [5, 5.41) is 10.3. The SMILES string of the molecule is CC(C)Oc1cccc(C(O)CCCC2CCCO2)c1. The summed E-state index contributed by atoms with van der Waals surface area (Å²) in [5.41, 5.74) is 0.940. The first-order valence-electron chi connectivity index (χ1n) is 7.71. The van der Waals surface area contributed by atoms with Gasteiger partial charge in [-0.25, -0.2) is 0 Å². The van der Waals surface area contributed by atoms with E-state index in [0.717, 1.165) is 37.2 Å². The lowest BCUT2D eigenvalue weighted by molar-refractivity contribution is 0.0944. The molecule has 0 spiro atoms. The minimum atomic E-state index is -0.410. The van der Waals surface area contributed by atoms with Crippen LogP contribution in [-0.4, -0.2) is 23.9 Å². The van der Waals surface area contributed by atoms with E-state index in [4.69, 9.17) is 9.47 Å². The van der Waals surface area contributed by atoms with Gasteiger partial charge in [-0.3, -0.25) is 0 Å². The highest BCUT2D eigenvalue weighted by Gasteiger charge is 2.16. The Morgan fingerprint density at radius 3 is 2.95 bits per heavy atom. The maximum Gasteiger partial charge on any atom is 0.120 e. The predicted octanol–water partition coefficient (Wildman–Crippen LogP) is 3.86. The summed E-state index contributed by atoms with van der Waals surface area (Å²) >= 11 is 0. The molecule has 0 bridgehead atoms. The molecule has 1 aromatic carbocycles. The van der Waals surface area contributed by atoms with Crippen LogP contribution in [0.25, 0.3) is 0 Å². The monoisotopic (exact) mass is 278 g/mol. The molecule has 0 radical (unpaired) electrons. The Kier molecular flexibility index (Phi) is 5.86. The van der Waals surface area contributed by atoms with Crippen LogP contribution in [0.15, 0.2) is 24.3 Å². The fourth-order valence-corrected chi connectivity index (χ4v) is 2.64. The molecular weight excluding hydrogens is 252 g/mol. The molecule has 112 valence electrons. The summed E-state index contributed by atoms with van der Waals surface area (Å²) in [5.74, 6) is 0.829. The highest BCUT2D eigenvalue weighted by Crippen LogP contribution is 2.25. The Morgan fingerprint density at radius 1 is 1.40 bits per heavy atom. The van der Waals surface area contributed by atoms with Gasteiger partial charge in [0, 0.05) is 6.61 Å². The van der Waals surface area contributed by atoms with E-state index in [1.54, 1.807) is 0 Å². The number of ether oxygens (including phenoxy) is 2. The summed E-state index contributed by atoms with van der Waals surface area (Å²) < 4.78 is 11.3. The molecule has 1 saturated heterocycles. The second kappa shape index (κ2) is 7.65. The first-order chi connectivity index (χ1) is 9.65. The van der Waals surface area contributed by atoms with E-state index >= 15 is 0 Å². The Balaban J connectivity index is 1.80. The zero-order valence-corrected chi connectivity index (χ0v) is 12.5. The van der Waals surface area contributed by atoms with Crippen molar-refractivity contribution in [3.8, 4) is 5.75 Å². The molecular formula is C17H26O3. The van der Waals surface area contributed by atoms with Crippen LogP contribution in [0, 0.1) is 0 Å². The van der Waals surface area contributed by atoms with Gasteiger partial charge in [0.2, 0.25) is 0 Å². The summed E-state index contributed by atoms with van der Waals surface area (Å²) in [4.78, 5) is 0. The Bertz CT molecular complexity index is 397. The first kappa shape index (κ1) is 15.3. The van der Waals surface area contributed by atoms with Gasteiger partial charge in [-0.05, 0) is 63.6 Å². The van der Waals surface area contributed by atoms with Gasteiger partial charge in [-0.15, -0.1) is 0 Å². The van der Waals surface area contributed by atoms with E-state index in [9.17, 15) is 5.11 Å². The molecule has 3 heteroatoms. The number of aliphatic hydroxyl groups is 1. The Morgan fingerprint density at radius 2 is 2.25 bits per heavy atom. The lowest BCUT2D eigenvalue weighted by Gasteiger charge is -2.15. The molecule has 0 saturated carbocycles. The molecule has 3 nitrogen and oxygen atoms in total. The zero-order valence-electron chi connectivity index (χ0n) is 12.5. The molecule has 1 fully saturated rings. The molecule has 20 heavy (non-hydrogen) atoms. The van der Waals surface area contributed by atoms with E-state index in [0.29, 0.717) is 6.10 Å². The van der Waals surface area contributed by atoms with E-state index in [-0.39, 0.29) is 6.10 Å². The van der Waals surface area contributed by atoms with Gasteiger partial charge < -0.3 is 14.6 Å². The largest absolute Gasteiger partial charge is 0.491 e. The molecule has 2 atom stereocenters. The molecule has 2 rings (SSSR count). The Hall–Kier alpha value is -1.06. The number of aliphatic hydroxyl groups excluding tert-OH is 1. The molecule has 1 N–H and O–H groups in total. The number of hydrogen-bond acceptors (Lipinski definition) is 3. The molecule has 1 aliphatic heterocycles. The zero-order chi connectivity index (χ0) is 14.4. The third kappa shape index (κ3) is 4.80. The van der Waals surface area contributed by atoms with Crippen LogP contribution < -0.4 is 4.74 Å². The predicted molar refractivity (Wildman–Crippen MR) is 80.0 cm³/mol. The third-order valence-electron chi connectivity index (χ3n) is 3.64. The molecule has 0 amide bonds. The van der Waals surface area contributed by atoms with Gasteiger partial charge in [-0.2, -0.15) is 0 Å². The maximum absolute atomic E-state index is 10.3. The lowest BCUT2D eigenvalue weighted by Crippen LogP contribution is -2.07. The Labute approximate surface area is 121 Å². The fourth-order valence-electron chi connectivity index (χ4n) is 2.64. The van der Waals surface area contributed by atoms with Crippen LogP contribution in [0.5, 0.6) is 5.75 Å². The van der Waals surface area contributed by atoms with Crippen LogP contribution in [-0.2, 0) is 4.74 Å². The van der Waals surface area contributed by atoms with Crippen LogP contribution >= 0.6 is 0 Å². The van der Waals surface area contributed by atoms with Crippen molar-refractivity contribution in [1.82, 2.24) is 0 Å². The topological polar surface area (TPSA) is 38.7 Å². The summed E-state index contributed by atoms with van der Waals surface area (Å²) in [6.07, 6.45) is 5.35. The van der Waals surface area contributed by atoms with Crippen LogP contribution in [0.1, 0.15) is 57.6 Å². The van der Waals surface area contributed by atoms with Gasteiger partial charge >= 0.3 is 0 Å². The lowest BCUT2D eigenvalue weighted by atomic mass is 10.0. The van der Waals surface area contributed by atoms with Gasteiger partial charge in [-0.1, -0.05) is 12.1 Å². The van der Waals surface area contributed by atoms with Crippen molar-refractivity contribution >= 4 is 0 Å². The number of hydrogen-bond donors (Lipinski definition) is 1. The van der Waals surface area contributed by atoms with E-state index in [2.05, 4.69) is 0 Å². The van der Waals surface area contributed by atoms with Crippen molar-refractivity contribution in [2.24, 2.45) is 0 Å². The quantitative estimate of drug-likeness (QED) is 0.823. The van der Waals surface area contributed by atoms with Crippen LogP contribution in [0.3, 0.4) is 0 Å². The third-order valence-corrected chi connectivity index (χ3v) is 3.64. The van der Waals surface area contributed by atoms with Crippen molar-refractivity contribution < 1.29 is 14.6 Å². The number of rotatable bonds is 7. The molecule has 2 unspecified atom stereocenters. The standard InChI is InChI=1S/C17H26O3/c1-13(2)20-16-8-3-6-14(12-16)17(18)10-4-7-15-9-5-11-19-15/h3,6,8,12-13,15,17-18H,4-5,7,9-11H2,1-2H3. The van der Waals surface area contributed by atoms with Gasteiger partial charge in [0.1, 0.15) is 5.75 Å². The smallest absolute Gasteiger partial charge is 0.120 e. The van der Waals surface area contributed by atoms with Gasteiger partial charge in [0.15, 0.2) is 0 Å². The van der Waals surface area contributed by atoms with E-state index in [1.165, 1.54) is 12.8 Å². The number of benzene rings is 1. The van der Waals surface area contributed by atoms with Crippen molar-refractivity contribution in [2.75, 3.05) is 6.61 Å². The van der Waals surface area contributed by atoms with Crippen molar-refractivity contribution in [2.45, 2.75) is 64.3 Å². The molecule has 0 aromatic heterocycles. The fraction of sp³-hybridized carbons (Fsp3) is 0.647. The second-order valence-corrected chi connectivity index (χ2v) is 5.82. The van der Waals surface area contributed by atoms with Gasteiger partial charge in [0.25, 0.3) is 0 Å². The van der Waals surface area contributed by atoms with Crippen molar-refractivity contribution in [1.29, 1.82) is 0 Å². The molecule has 1 heterocycles. The van der Waals surface area contributed by atoms with Crippen molar-refractivity contribution in [3.63, 3.8) is 0 Å². The highest BCUT2D eigenvalue weighted by atomic mass is 16.5. The van der Waals surface area contributed by atoms with Gasteiger partial charge in [0.05, 0.1) is 18.3 Å². The second-order valence-electron chi connectivity index (χ2n) is 5.82. The van der Waals surface area contributed by atoms with Crippen LogP contribution in [0.2, 0.25) is 0 Å².